The predicted molar refractivity (Wildman–Crippen MR) is 64.6 cm³/mol. The van der Waals surface area contributed by atoms with E-state index in [1.165, 1.54) is 6.07 Å². The molecule has 0 bridgehead atoms. The Morgan fingerprint density at radius 2 is 2.29 bits per heavy atom. The number of rotatable bonds is 4. The summed E-state index contributed by atoms with van der Waals surface area (Å²) in [6.45, 7) is 2.39. The summed E-state index contributed by atoms with van der Waals surface area (Å²) in [6.07, 6.45) is -0.486. The van der Waals surface area contributed by atoms with Gasteiger partial charge in [-0.15, -0.1) is 0 Å². The fourth-order valence-electron chi connectivity index (χ4n) is 1.81. The molecule has 1 fully saturated rings. The molecule has 3 unspecified atom stereocenters. The molecule has 0 spiro atoms. The Balaban J connectivity index is 1.99. The SMILES string of the molecule is CCOC1C(O)CC1Oc1ccc(Br)c(F)c1. The summed E-state index contributed by atoms with van der Waals surface area (Å²) in [5.41, 5.74) is 0. The number of benzene rings is 1. The van der Waals surface area contributed by atoms with Gasteiger partial charge in [0.2, 0.25) is 0 Å². The van der Waals surface area contributed by atoms with Crippen LogP contribution in [0.1, 0.15) is 13.3 Å². The second-order valence-electron chi connectivity index (χ2n) is 3.96. The van der Waals surface area contributed by atoms with E-state index < -0.39 is 6.10 Å². The van der Waals surface area contributed by atoms with E-state index in [2.05, 4.69) is 15.9 Å². The van der Waals surface area contributed by atoms with Crippen molar-refractivity contribution in [3.8, 4) is 5.75 Å². The van der Waals surface area contributed by atoms with Crippen LogP contribution in [0.2, 0.25) is 0 Å². The lowest BCUT2D eigenvalue weighted by molar-refractivity contribution is -0.160. The monoisotopic (exact) mass is 304 g/mol. The summed E-state index contributed by atoms with van der Waals surface area (Å²) < 4.78 is 24.6. The molecule has 0 heterocycles. The van der Waals surface area contributed by atoms with Gasteiger partial charge in [0.25, 0.3) is 0 Å². The third kappa shape index (κ3) is 2.78. The van der Waals surface area contributed by atoms with Gasteiger partial charge in [-0.25, -0.2) is 4.39 Å². The quantitative estimate of drug-likeness (QED) is 0.929. The molecule has 1 aromatic rings. The van der Waals surface area contributed by atoms with Gasteiger partial charge in [0.05, 0.1) is 10.6 Å². The van der Waals surface area contributed by atoms with Crippen molar-refractivity contribution in [2.45, 2.75) is 31.7 Å². The molecular formula is C12H14BrFO3. The van der Waals surface area contributed by atoms with Crippen LogP contribution in [-0.2, 0) is 4.74 Å². The fraction of sp³-hybridized carbons (Fsp3) is 0.500. The van der Waals surface area contributed by atoms with Crippen LogP contribution >= 0.6 is 15.9 Å². The Morgan fingerprint density at radius 3 is 2.88 bits per heavy atom. The van der Waals surface area contributed by atoms with E-state index in [9.17, 15) is 9.50 Å². The second-order valence-corrected chi connectivity index (χ2v) is 4.81. The number of hydrogen-bond donors (Lipinski definition) is 1. The molecule has 3 nitrogen and oxygen atoms in total. The molecule has 5 heteroatoms. The molecule has 1 N–H and O–H groups in total. The molecular weight excluding hydrogens is 291 g/mol. The molecule has 0 radical (unpaired) electrons. The third-order valence-corrected chi connectivity index (χ3v) is 3.40. The van der Waals surface area contributed by atoms with E-state index in [0.717, 1.165) is 0 Å². The first-order valence-corrected chi connectivity index (χ1v) is 6.32. The first-order valence-electron chi connectivity index (χ1n) is 5.53. The van der Waals surface area contributed by atoms with Crippen LogP contribution in [0.5, 0.6) is 5.75 Å². The minimum Gasteiger partial charge on any atom is -0.487 e. The molecule has 2 rings (SSSR count). The first kappa shape index (κ1) is 12.8. The zero-order valence-corrected chi connectivity index (χ0v) is 11.0. The Labute approximate surface area is 108 Å². The van der Waals surface area contributed by atoms with Crippen molar-refractivity contribution in [1.82, 2.24) is 0 Å². The smallest absolute Gasteiger partial charge is 0.141 e. The molecule has 0 aromatic heterocycles. The van der Waals surface area contributed by atoms with Crippen molar-refractivity contribution in [1.29, 1.82) is 0 Å². The maximum atomic E-state index is 13.3. The van der Waals surface area contributed by atoms with Gasteiger partial charge in [-0.3, -0.25) is 0 Å². The summed E-state index contributed by atoms with van der Waals surface area (Å²) in [7, 11) is 0. The van der Waals surface area contributed by atoms with Crippen molar-refractivity contribution in [2.24, 2.45) is 0 Å². The average Bonchev–Trinajstić information content (AvgIpc) is 2.30. The highest BCUT2D eigenvalue weighted by Crippen LogP contribution is 2.30. The van der Waals surface area contributed by atoms with Gasteiger partial charge in [-0.2, -0.15) is 0 Å². The Hall–Kier alpha value is -0.650. The van der Waals surface area contributed by atoms with Gasteiger partial charge in [0.1, 0.15) is 23.8 Å². The van der Waals surface area contributed by atoms with Gasteiger partial charge in [0.15, 0.2) is 0 Å². The zero-order chi connectivity index (χ0) is 12.4. The lowest BCUT2D eigenvalue weighted by atomic mass is 9.88. The van der Waals surface area contributed by atoms with Crippen LogP contribution in [0.15, 0.2) is 22.7 Å². The van der Waals surface area contributed by atoms with E-state index >= 15 is 0 Å². The van der Waals surface area contributed by atoms with Gasteiger partial charge in [0, 0.05) is 19.1 Å². The fourth-order valence-corrected chi connectivity index (χ4v) is 2.06. The van der Waals surface area contributed by atoms with Crippen molar-refractivity contribution < 1.29 is 19.0 Å². The maximum absolute atomic E-state index is 13.3. The molecule has 17 heavy (non-hydrogen) atoms. The van der Waals surface area contributed by atoms with E-state index in [1.54, 1.807) is 12.1 Å². The summed E-state index contributed by atoms with van der Waals surface area (Å²) in [6, 6.07) is 4.59. The van der Waals surface area contributed by atoms with Crippen LogP contribution in [0, 0.1) is 5.82 Å². The lowest BCUT2D eigenvalue weighted by Gasteiger charge is -2.40. The molecule has 0 amide bonds. The highest BCUT2D eigenvalue weighted by molar-refractivity contribution is 9.10. The molecule has 1 saturated carbocycles. The van der Waals surface area contributed by atoms with E-state index in [4.69, 9.17) is 9.47 Å². The Bertz CT molecular complexity index is 399. The minimum atomic E-state index is -0.486. The molecule has 1 aliphatic carbocycles. The van der Waals surface area contributed by atoms with Gasteiger partial charge in [-0.1, -0.05) is 0 Å². The van der Waals surface area contributed by atoms with Crippen molar-refractivity contribution >= 4 is 15.9 Å². The van der Waals surface area contributed by atoms with Gasteiger partial charge >= 0.3 is 0 Å². The third-order valence-electron chi connectivity index (χ3n) is 2.76. The maximum Gasteiger partial charge on any atom is 0.141 e. The molecule has 94 valence electrons. The van der Waals surface area contributed by atoms with Crippen LogP contribution in [0.25, 0.3) is 0 Å². The van der Waals surface area contributed by atoms with E-state index in [-0.39, 0.29) is 18.0 Å². The van der Waals surface area contributed by atoms with Crippen LogP contribution in [-0.4, -0.2) is 30.0 Å². The second kappa shape index (κ2) is 5.33. The highest BCUT2D eigenvalue weighted by atomic mass is 79.9. The summed E-state index contributed by atoms with van der Waals surface area (Å²) in [4.78, 5) is 0. The summed E-state index contributed by atoms with van der Waals surface area (Å²) in [5.74, 6) is 0.0858. The van der Waals surface area contributed by atoms with Gasteiger partial charge < -0.3 is 14.6 Å². The normalized spacial score (nSPS) is 27.6. The van der Waals surface area contributed by atoms with Crippen LogP contribution < -0.4 is 4.74 Å². The molecule has 3 atom stereocenters. The topological polar surface area (TPSA) is 38.7 Å². The number of aliphatic hydroxyl groups is 1. The highest BCUT2D eigenvalue weighted by Gasteiger charge is 2.42. The summed E-state index contributed by atoms with van der Waals surface area (Å²) >= 11 is 3.08. The van der Waals surface area contributed by atoms with Crippen molar-refractivity contribution in [3.63, 3.8) is 0 Å². The standard InChI is InChI=1S/C12H14BrFO3/c1-2-16-12-10(15)6-11(12)17-7-3-4-8(13)9(14)5-7/h3-5,10-12,15H,2,6H2,1H3. The van der Waals surface area contributed by atoms with E-state index in [0.29, 0.717) is 23.2 Å². The Morgan fingerprint density at radius 1 is 1.53 bits per heavy atom. The lowest BCUT2D eigenvalue weighted by Crippen LogP contribution is -2.55. The van der Waals surface area contributed by atoms with Crippen molar-refractivity contribution in [2.75, 3.05) is 6.61 Å². The first-order chi connectivity index (χ1) is 8.11. The number of hydrogen-bond acceptors (Lipinski definition) is 3. The zero-order valence-electron chi connectivity index (χ0n) is 9.40. The minimum absolute atomic E-state index is 0.203. The van der Waals surface area contributed by atoms with E-state index in [1.807, 2.05) is 6.92 Å². The summed E-state index contributed by atoms with van der Waals surface area (Å²) in [5, 5.41) is 9.50. The van der Waals surface area contributed by atoms with Gasteiger partial charge in [-0.05, 0) is 35.0 Å². The number of aliphatic hydroxyl groups excluding tert-OH is 1. The van der Waals surface area contributed by atoms with Crippen LogP contribution in [0.4, 0.5) is 4.39 Å². The molecule has 1 aliphatic rings. The van der Waals surface area contributed by atoms with Crippen LogP contribution in [0.3, 0.4) is 0 Å². The molecule has 0 aliphatic heterocycles. The predicted octanol–water partition coefficient (Wildman–Crippen LogP) is 2.51. The average molecular weight is 305 g/mol. The molecule has 1 aromatic carbocycles. The van der Waals surface area contributed by atoms with Crippen molar-refractivity contribution in [3.05, 3.63) is 28.5 Å². The number of halogens is 2. The Kier molecular flexibility index (Phi) is 4.01. The largest absolute Gasteiger partial charge is 0.487 e. The number of ether oxygens (including phenoxy) is 2. The molecule has 0 saturated heterocycles.